The van der Waals surface area contributed by atoms with Crippen molar-refractivity contribution in [2.24, 2.45) is 0 Å². The molecule has 1 aromatic carbocycles. The van der Waals surface area contributed by atoms with Crippen LogP contribution in [-0.4, -0.2) is 24.5 Å². The number of benzene rings is 1. The highest BCUT2D eigenvalue weighted by Crippen LogP contribution is 2.24. The molecule has 0 aliphatic heterocycles. The van der Waals surface area contributed by atoms with Gasteiger partial charge in [-0.25, -0.2) is 18.2 Å². The van der Waals surface area contributed by atoms with Crippen LogP contribution < -0.4 is 0 Å². The molecule has 0 atom stereocenters. The Bertz CT molecular complexity index is 768. The molecule has 106 valence electrons. The summed E-state index contributed by atoms with van der Waals surface area (Å²) in [6.07, 6.45) is 1.51. The lowest BCUT2D eigenvalue weighted by molar-refractivity contribution is 0.0697. The van der Waals surface area contributed by atoms with Gasteiger partial charge >= 0.3 is 5.97 Å². The topological polar surface area (TPSA) is 84.3 Å². The van der Waals surface area contributed by atoms with Crippen LogP contribution in [0.25, 0.3) is 0 Å². The maximum absolute atomic E-state index is 12.2. The van der Waals surface area contributed by atoms with Crippen molar-refractivity contribution in [3.8, 4) is 0 Å². The van der Waals surface area contributed by atoms with Crippen molar-refractivity contribution in [3.05, 3.63) is 44.9 Å². The molecule has 2 rings (SSSR count). The molecule has 5 nitrogen and oxygen atoms in total. The van der Waals surface area contributed by atoms with Crippen LogP contribution in [0.4, 0.5) is 0 Å². The number of aromatic nitrogens is 1. The summed E-state index contributed by atoms with van der Waals surface area (Å²) in [5, 5.41) is 9.74. The second-order valence-corrected chi connectivity index (χ2v) is 7.77. The van der Waals surface area contributed by atoms with Gasteiger partial charge in [-0.3, -0.25) is 0 Å². The van der Waals surface area contributed by atoms with Crippen molar-refractivity contribution in [1.29, 1.82) is 0 Å². The summed E-state index contributed by atoms with van der Waals surface area (Å²) in [6.45, 7) is 1.78. The average Bonchev–Trinajstić information content (AvgIpc) is 2.73. The number of rotatable bonds is 4. The number of hydrogen-bond acceptors (Lipinski definition) is 5. The van der Waals surface area contributed by atoms with Crippen molar-refractivity contribution >= 4 is 38.7 Å². The number of sulfone groups is 1. The summed E-state index contributed by atoms with van der Waals surface area (Å²) in [6, 6.07) is 3.65. The van der Waals surface area contributed by atoms with E-state index in [-0.39, 0.29) is 21.2 Å². The molecule has 1 heterocycles. The fraction of sp³-hybridized carbons (Fsp3) is 0.167. The Morgan fingerprint density at radius 1 is 1.45 bits per heavy atom. The Morgan fingerprint density at radius 2 is 2.15 bits per heavy atom. The van der Waals surface area contributed by atoms with Gasteiger partial charge in [0, 0.05) is 11.1 Å². The molecule has 0 bridgehead atoms. The molecule has 0 unspecified atom stereocenters. The van der Waals surface area contributed by atoms with Crippen molar-refractivity contribution in [3.63, 3.8) is 0 Å². The number of nitrogens with zero attached hydrogens (tertiary/aromatic N) is 1. The third-order valence-electron chi connectivity index (χ3n) is 2.53. The molecule has 0 aliphatic carbocycles. The molecule has 0 saturated heterocycles. The van der Waals surface area contributed by atoms with Crippen LogP contribution in [0.5, 0.6) is 0 Å². The van der Waals surface area contributed by atoms with Crippen LogP contribution in [0.15, 0.2) is 29.3 Å². The standard InChI is InChI=1S/C12H10ClNO4S2/c1-7-14-5-8(19-7)6-20(17,18)9-2-3-11(13)10(4-9)12(15)16/h2-5H,6H2,1H3,(H,15,16). The highest BCUT2D eigenvalue weighted by Gasteiger charge is 2.20. The normalized spacial score (nSPS) is 11.5. The molecule has 8 heteroatoms. The number of hydrogen-bond donors (Lipinski definition) is 1. The molecule has 0 spiro atoms. The van der Waals surface area contributed by atoms with Gasteiger partial charge in [0.05, 0.1) is 26.2 Å². The third kappa shape index (κ3) is 3.17. The molecule has 0 saturated carbocycles. The summed E-state index contributed by atoms with van der Waals surface area (Å²) in [5.74, 6) is -1.47. The second-order valence-electron chi connectivity index (χ2n) is 4.05. The smallest absolute Gasteiger partial charge is 0.337 e. The van der Waals surface area contributed by atoms with Gasteiger partial charge in [-0.2, -0.15) is 0 Å². The minimum absolute atomic E-state index is 0.00471. The lowest BCUT2D eigenvalue weighted by Crippen LogP contribution is -2.06. The zero-order valence-corrected chi connectivity index (χ0v) is 12.7. The van der Waals surface area contributed by atoms with Gasteiger partial charge in [-0.15, -0.1) is 11.3 Å². The number of aryl methyl sites for hydroxylation is 1. The van der Waals surface area contributed by atoms with E-state index < -0.39 is 15.8 Å². The third-order valence-corrected chi connectivity index (χ3v) is 5.62. The molecule has 1 aromatic heterocycles. The summed E-state index contributed by atoms with van der Waals surface area (Å²) in [5.41, 5.74) is -0.228. The predicted molar refractivity (Wildman–Crippen MR) is 76.2 cm³/mol. The van der Waals surface area contributed by atoms with Gasteiger partial charge in [-0.05, 0) is 25.1 Å². The van der Waals surface area contributed by atoms with Crippen LogP contribution in [0, 0.1) is 6.92 Å². The van der Waals surface area contributed by atoms with Gasteiger partial charge < -0.3 is 5.11 Å². The largest absolute Gasteiger partial charge is 0.478 e. The number of halogens is 1. The first-order valence-corrected chi connectivity index (χ1v) is 8.31. The Morgan fingerprint density at radius 3 is 2.70 bits per heavy atom. The molecule has 0 fully saturated rings. The minimum atomic E-state index is -3.62. The first kappa shape index (κ1) is 15.0. The molecular weight excluding hydrogens is 322 g/mol. The summed E-state index contributed by atoms with van der Waals surface area (Å²) in [4.78, 5) is 15.5. The SMILES string of the molecule is Cc1ncc(CS(=O)(=O)c2ccc(Cl)c(C(=O)O)c2)s1. The van der Waals surface area contributed by atoms with Gasteiger partial charge in [0.1, 0.15) is 0 Å². The molecule has 0 radical (unpaired) electrons. The monoisotopic (exact) mass is 331 g/mol. The molecule has 1 N–H and O–H groups in total. The fourth-order valence-corrected chi connectivity index (χ4v) is 4.28. The lowest BCUT2D eigenvalue weighted by atomic mass is 10.2. The van der Waals surface area contributed by atoms with E-state index >= 15 is 0 Å². The van der Waals surface area contributed by atoms with Gasteiger partial charge in [0.2, 0.25) is 0 Å². The second kappa shape index (κ2) is 5.51. The minimum Gasteiger partial charge on any atom is -0.478 e. The van der Waals surface area contributed by atoms with E-state index in [1.807, 2.05) is 0 Å². The van der Waals surface area contributed by atoms with E-state index in [0.717, 1.165) is 11.1 Å². The summed E-state index contributed by atoms with van der Waals surface area (Å²) >= 11 is 7.01. The van der Waals surface area contributed by atoms with Crippen molar-refractivity contribution in [2.45, 2.75) is 17.6 Å². The molecular formula is C12H10ClNO4S2. The maximum Gasteiger partial charge on any atom is 0.337 e. The molecule has 20 heavy (non-hydrogen) atoms. The Kier molecular flexibility index (Phi) is 4.12. The molecule has 0 amide bonds. The number of carbonyl (C=O) groups is 1. The van der Waals surface area contributed by atoms with Crippen LogP contribution in [0.3, 0.4) is 0 Å². The van der Waals surface area contributed by atoms with Gasteiger partial charge in [-0.1, -0.05) is 11.6 Å². The number of thiazole rings is 1. The van der Waals surface area contributed by atoms with Crippen LogP contribution >= 0.6 is 22.9 Å². The van der Waals surface area contributed by atoms with E-state index in [9.17, 15) is 13.2 Å². The molecule has 2 aromatic rings. The average molecular weight is 332 g/mol. The van der Waals surface area contributed by atoms with E-state index in [2.05, 4.69) is 4.98 Å². The zero-order chi connectivity index (χ0) is 14.9. The van der Waals surface area contributed by atoms with E-state index in [1.54, 1.807) is 6.92 Å². The summed E-state index contributed by atoms with van der Waals surface area (Å²) in [7, 11) is -3.62. The first-order chi connectivity index (χ1) is 9.29. The number of aromatic carboxylic acids is 1. The Labute approximate surface area is 124 Å². The lowest BCUT2D eigenvalue weighted by Gasteiger charge is -2.05. The van der Waals surface area contributed by atoms with Crippen LogP contribution in [0.2, 0.25) is 5.02 Å². The predicted octanol–water partition coefficient (Wildman–Crippen LogP) is 2.78. The highest BCUT2D eigenvalue weighted by atomic mass is 35.5. The Balaban J connectivity index is 2.39. The van der Waals surface area contributed by atoms with E-state index in [4.69, 9.17) is 16.7 Å². The summed E-state index contributed by atoms with van der Waals surface area (Å²) < 4.78 is 24.5. The van der Waals surface area contributed by atoms with Crippen molar-refractivity contribution in [2.75, 3.05) is 0 Å². The number of carboxylic acid groups (broad SMARTS) is 1. The molecule has 0 aliphatic rings. The maximum atomic E-state index is 12.2. The number of carboxylic acids is 1. The zero-order valence-electron chi connectivity index (χ0n) is 10.3. The highest BCUT2D eigenvalue weighted by molar-refractivity contribution is 7.90. The van der Waals surface area contributed by atoms with Crippen LogP contribution in [-0.2, 0) is 15.6 Å². The Hall–Kier alpha value is -1.44. The van der Waals surface area contributed by atoms with Gasteiger partial charge in [0.15, 0.2) is 9.84 Å². The van der Waals surface area contributed by atoms with Gasteiger partial charge in [0.25, 0.3) is 0 Å². The van der Waals surface area contributed by atoms with Crippen molar-refractivity contribution in [1.82, 2.24) is 4.98 Å². The van der Waals surface area contributed by atoms with Crippen molar-refractivity contribution < 1.29 is 18.3 Å². The quantitative estimate of drug-likeness (QED) is 0.931. The van der Waals surface area contributed by atoms with E-state index in [1.165, 1.54) is 29.7 Å². The first-order valence-electron chi connectivity index (χ1n) is 5.46. The fourth-order valence-electron chi connectivity index (χ4n) is 1.60. The van der Waals surface area contributed by atoms with Crippen LogP contribution in [0.1, 0.15) is 20.2 Å². The van der Waals surface area contributed by atoms with E-state index in [0.29, 0.717) is 4.88 Å².